The summed E-state index contributed by atoms with van der Waals surface area (Å²) in [5.41, 5.74) is 1.85. The van der Waals surface area contributed by atoms with Crippen LogP contribution in [0.25, 0.3) is 10.9 Å². The summed E-state index contributed by atoms with van der Waals surface area (Å²) in [6.45, 7) is 5.31. The number of rotatable bonds is 2. The van der Waals surface area contributed by atoms with Gasteiger partial charge in [0.1, 0.15) is 5.82 Å². The molecular weight excluding hydrogens is 228 g/mol. The molecule has 0 radical (unpaired) electrons. The Labute approximate surface area is 105 Å². The average Bonchev–Trinajstić information content (AvgIpc) is 2.33. The normalized spacial score (nSPS) is 10.9. The standard InChI is InChI=1S/C14H16N2O2/c1-5-12-15-13-10(9(3)17)6-8(2)7-11(13)14(18)16(12)4/h6-7H,5H2,1-4H3. The fraction of sp³-hybridized carbons (Fsp3) is 0.357. The lowest BCUT2D eigenvalue weighted by molar-refractivity contribution is 0.101. The number of aryl methyl sites for hydroxylation is 2. The van der Waals surface area contributed by atoms with Gasteiger partial charge in [0.2, 0.25) is 0 Å². The Morgan fingerprint density at radius 3 is 2.61 bits per heavy atom. The highest BCUT2D eigenvalue weighted by Gasteiger charge is 2.13. The Morgan fingerprint density at radius 1 is 1.39 bits per heavy atom. The smallest absolute Gasteiger partial charge is 0.261 e. The third-order valence-corrected chi connectivity index (χ3v) is 3.11. The molecule has 0 fully saturated rings. The second-order valence-electron chi connectivity index (χ2n) is 4.51. The number of Topliss-reactive ketones (excluding diaryl/α,β-unsaturated/α-hetero) is 1. The highest BCUT2D eigenvalue weighted by atomic mass is 16.1. The quantitative estimate of drug-likeness (QED) is 0.759. The van der Waals surface area contributed by atoms with Gasteiger partial charge in [0.25, 0.3) is 5.56 Å². The van der Waals surface area contributed by atoms with E-state index >= 15 is 0 Å². The minimum absolute atomic E-state index is 0.0634. The van der Waals surface area contributed by atoms with Crippen molar-refractivity contribution >= 4 is 16.7 Å². The fourth-order valence-electron chi connectivity index (χ4n) is 2.15. The van der Waals surface area contributed by atoms with Gasteiger partial charge >= 0.3 is 0 Å². The van der Waals surface area contributed by atoms with Crippen molar-refractivity contribution in [3.63, 3.8) is 0 Å². The van der Waals surface area contributed by atoms with Crippen molar-refractivity contribution in [2.75, 3.05) is 0 Å². The Kier molecular flexibility index (Phi) is 3.03. The van der Waals surface area contributed by atoms with Gasteiger partial charge in [-0.1, -0.05) is 6.92 Å². The fourth-order valence-corrected chi connectivity index (χ4v) is 2.15. The first-order valence-electron chi connectivity index (χ1n) is 5.97. The van der Waals surface area contributed by atoms with Crippen molar-refractivity contribution in [3.8, 4) is 0 Å². The Morgan fingerprint density at radius 2 is 2.06 bits per heavy atom. The molecule has 0 aliphatic rings. The molecule has 0 amide bonds. The zero-order chi connectivity index (χ0) is 13.4. The van der Waals surface area contributed by atoms with Crippen LogP contribution >= 0.6 is 0 Å². The van der Waals surface area contributed by atoms with Crippen LogP contribution in [0.1, 0.15) is 35.6 Å². The molecule has 0 bridgehead atoms. The summed E-state index contributed by atoms with van der Waals surface area (Å²) < 4.78 is 1.55. The first kappa shape index (κ1) is 12.5. The third-order valence-electron chi connectivity index (χ3n) is 3.11. The van der Waals surface area contributed by atoms with E-state index in [1.54, 1.807) is 23.7 Å². The average molecular weight is 244 g/mol. The summed E-state index contributed by atoms with van der Waals surface area (Å²) in [7, 11) is 1.71. The van der Waals surface area contributed by atoms with Gasteiger partial charge in [-0.3, -0.25) is 14.2 Å². The number of aromatic nitrogens is 2. The van der Waals surface area contributed by atoms with E-state index in [4.69, 9.17) is 0 Å². The summed E-state index contributed by atoms with van der Waals surface area (Å²) >= 11 is 0. The number of ketones is 1. The second-order valence-corrected chi connectivity index (χ2v) is 4.51. The number of hydrogen-bond acceptors (Lipinski definition) is 3. The molecule has 0 aliphatic carbocycles. The molecule has 2 aromatic rings. The number of carbonyl (C=O) groups is 1. The van der Waals surface area contributed by atoms with Crippen molar-refractivity contribution in [1.82, 2.24) is 9.55 Å². The second kappa shape index (κ2) is 4.37. The number of hydrogen-bond donors (Lipinski definition) is 0. The monoisotopic (exact) mass is 244 g/mol. The van der Waals surface area contributed by atoms with Crippen LogP contribution in [-0.4, -0.2) is 15.3 Å². The molecule has 4 nitrogen and oxygen atoms in total. The Balaban J connectivity index is 3.01. The third kappa shape index (κ3) is 1.83. The van der Waals surface area contributed by atoms with Crippen molar-refractivity contribution < 1.29 is 4.79 Å². The van der Waals surface area contributed by atoms with Crippen LogP contribution in [0.3, 0.4) is 0 Å². The first-order valence-corrected chi connectivity index (χ1v) is 5.97. The van der Waals surface area contributed by atoms with Gasteiger partial charge in [0, 0.05) is 19.0 Å². The van der Waals surface area contributed by atoms with E-state index in [1.165, 1.54) is 6.92 Å². The lowest BCUT2D eigenvalue weighted by Crippen LogP contribution is -2.23. The van der Waals surface area contributed by atoms with Crippen LogP contribution in [0, 0.1) is 6.92 Å². The molecule has 0 aliphatic heterocycles. The highest BCUT2D eigenvalue weighted by molar-refractivity contribution is 6.05. The van der Waals surface area contributed by atoms with E-state index in [1.807, 2.05) is 13.8 Å². The summed E-state index contributed by atoms with van der Waals surface area (Å²) in [5.74, 6) is 0.630. The first-order chi connectivity index (χ1) is 8.45. The van der Waals surface area contributed by atoms with Crippen LogP contribution in [0.5, 0.6) is 0 Å². The summed E-state index contributed by atoms with van der Waals surface area (Å²) in [6, 6.07) is 3.58. The Bertz CT molecular complexity index is 699. The van der Waals surface area contributed by atoms with Crippen molar-refractivity contribution in [1.29, 1.82) is 0 Å². The van der Waals surface area contributed by atoms with Crippen LogP contribution in [0.4, 0.5) is 0 Å². The van der Waals surface area contributed by atoms with E-state index < -0.39 is 0 Å². The molecule has 0 saturated heterocycles. The minimum Gasteiger partial charge on any atom is -0.299 e. The SMILES string of the molecule is CCc1nc2c(C(C)=O)cc(C)cc2c(=O)n1C. The van der Waals surface area contributed by atoms with Gasteiger partial charge in [-0.25, -0.2) is 4.98 Å². The highest BCUT2D eigenvalue weighted by Crippen LogP contribution is 2.17. The van der Waals surface area contributed by atoms with Crippen molar-refractivity contribution in [2.45, 2.75) is 27.2 Å². The molecular formula is C14H16N2O2. The molecule has 4 heteroatoms. The van der Waals surface area contributed by atoms with Crippen LogP contribution in [-0.2, 0) is 13.5 Å². The van der Waals surface area contributed by atoms with E-state index in [2.05, 4.69) is 4.98 Å². The van der Waals surface area contributed by atoms with E-state index in [-0.39, 0.29) is 11.3 Å². The summed E-state index contributed by atoms with van der Waals surface area (Å²) in [5, 5.41) is 0.514. The number of benzene rings is 1. The molecule has 1 aromatic carbocycles. The van der Waals surface area contributed by atoms with E-state index in [0.29, 0.717) is 28.7 Å². The van der Waals surface area contributed by atoms with Crippen molar-refractivity contribution in [2.24, 2.45) is 7.05 Å². The van der Waals surface area contributed by atoms with Gasteiger partial charge in [-0.2, -0.15) is 0 Å². The summed E-state index contributed by atoms with van der Waals surface area (Å²) in [6.07, 6.45) is 0.660. The zero-order valence-electron chi connectivity index (χ0n) is 11.1. The summed E-state index contributed by atoms with van der Waals surface area (Å²) in [4.78, 5) is 28.4. The minimum atomic E-state index is -0.0944. The molecule has 0 spiro atoms. The topological polar surface area (TPSA) is 52.0 Å². The molecule has 1 aromatic heterocycles. The number of carbonyl (C=O) groups excluding carboxylic acids is 1. The number of nitrogens with zero attached hydrogens (tertiary/aromatic N) is 2. The maximum Gasteiger partial charge on any atom is 0.261 e. The van der Waals surface area contributed by atoms with Gasteiger partial charge in [0.05, 0.1) is 10.9 Å². The maximum atomic E-state index is 12.2. The number of fused-ring (bicyclic) bond motifs is 1. The molecule has 0 N–H and O–H groups in total. The maximum absolute atomic E-state index is 12.2. The molecule has 18 heavy (non-hydrogen) atoms. The molecule has 1 heterocycles. The van der Waals surface area contributed by atoms with Gasteiger partial charge in [-0.15, -0.1) is 0 Å². The van der Waals surface area contributed by atoms with Gasteiger partial charge < -0.3 is 0 Å². The predicted molar refractivity (Wildman–Crippen MR) is 71.1 cm³/mol. The van der Waals surface area contributed by atoms with Gasteiger partial charge in [-0.05, 0) is 31.5 Å². The molecule has 2 rings (SSSR count). The zero-order valence-corrected chi connectivity index (χ0v) is 11.1. The van der Waals surface area contributed by atoms with E-state index in [0.717, 1.165) is 5.56 Å². The Hall–Kier alpha value is -1.97. The molecule has 0 atom stereocenters. The van der Waals surface area contributed by atoms with Crippen LogP contribution < -0.4 is 5.56 Å². The van der Waals surface area contributed by atoms with Gasteiger partial charge in [0.15, 0.2) is 5.78 Å². The largest absolute Gasteiger partial charge is 0.299 e. The molecule has 94 valence electrons. The van der Waals surface area contributed by atoms with Crippen molar-refractivity contribution in [3.05, 3.63) is 39.4 Å². The van der Waals surface area contributed by atoms with E-state index in [9.17, 15) is 9.59 Å². The lowest BCUT2D eigenvalue weighted by Gasteiger charge is -2.10. The molecule has 0 saturated carbocycles. The predicted octanol–water partition coefficient (Wildman–Crippen LogP) is 2.01. The van der Waals surface area contributed by atoms with Crippen LogP contribution in [0.15, 0.2) is 16.9 Å². The van der Waals surface area contributed by atoms with Crippen LogP contribution in [0.2, 0.25) is 0 Å². The molecule has 0 unspecified atom stereocenters. The lowest BCUT2D eigenvalue weighted by atomic mass is 10.0.